The molecule has 2 aromatic carbocycles. The molecule has 166 valence electrons. The molecular weight excluding hydrogens is 428 g/mol. The van der Waals surface area contributed by atoms with Gasteiger partial charge in [-0.2, -0.15) is 0 Å². The Hall–Kier alpha value is -3.01. The van der Waals surface area contributed by atoms with Gasteiger partial charge >= 0.3 is 0 Å². The standard InChI is InChI=1S/C23H24N4O4S/c1-29-18-11-15-17(12-19(18)30-2)24-21(13-26-7-9-31-10-8-26)27(23(15)28)14-22-25-16-5-3-4-6-20(16)32-22/h3-6,11-12H,7-10,13-14H2,1-2H3. The van der Waals surface area contributed by atoms with Gasteiger partial charge in [0.2, 0.25) is 0 Å². The Balaban J connectivity index is 1.63. The molecular formula is C23H24N4O4S. The lowest BCUT2D eigenvalue weighted by Gasteiger charge is -2.27. The quantitative estimate of drug-likeness (QED) is 0.445. The van der Waals surface area contributed by atoms with Crippen molar-refractivity contribution in [1.29, 1.82) is 0 Å². The van der Waals surface area contributed by atoms with Crippen molar-refractivity contribution in [3.63, 3.8) is 0 Å². The highest BCUT2D eigenvalue weighted by atomic mass is 32.1. The smallest absolute Gasteiger partial charge is 0.261 e. The SMILES string of the molecule is COc1cc2nc(CN3CCOCC3)n(Cc3nc4ccccc4s3)c(=O)c2cc1OC. The van der Waals surface area contributed by atoms with Gasteiger partial charge in [-0.25, -0.2) is 9.97 Å². The summed E-state index contributed by atoms with van der Waals surface area (Å²) < 4.78 is 19.2. The summed E-state index contributed by atoms with van der Waals surface area (Å²) in [5, 5.41) is 1.37. The van der Waals surface area contributed by atoms with Crippen molar-refractivity contribution < 1.29 is 14.2 Å². The minimum Gasteiger partial charge on any atom is -0.493 e. The molecule has 3 heterocycles. The molecule has 1 aliphatic heterocycles. The third-order valence-corrected chi connectivity index (χ3v) is 6.66. The predicted octanol–water partition coefficient (Wildman–Crippen LogP) is 2.90. The number of methoxy groups -OCH3 is 2. The molecule has 0 N–H and O–H groups in total. The summed E-state index contributed by atoms with van der Waals surface area (Å²) in [7, 11) is 3.14. The first-order valence-electron chi connectivity index (χ1n) is 10.5. The van der Waals surface area contributed by atoms with E-state index in [9.17, 15) is 4.79 Å². The average molecular weight is 453 g/mol. The van der Waals surface area contributed by atoms with Crippen LogP contribution in [0.4, 0.5) is 0 Å². The van der Waals surface area contributed by atoms with Crippen LogP contribution >= 0.6 is 11.3 Å². The molecule has 32 heavy (non-hydrogen) atoms. The molecule has 2 aromatic heterocycles. The lowest BCUT2D eigenvalue weighted by Crippen LogP contribution is -2.38. The number of benzene rings is 2. The largest absolute Gasteiger partial charge is 0.493 e. The van der Waals surface area contributed by atoms with E-state index >= 15 is 0 Å². The van der Waals surface area contributed by atoms with Crippen LogP contribution in [-0.2, 0) is 17.8 Å². The zero-order valence-electron chi connectivity index (χ0n) is 18.0. The van der Waals surface area contributed by atoms with E-state index in [-0.39, 0.29) is 5.56 Å². The van der Waals surface area contributed by atoms with Crippen LogP contribution < -0.4 is 15.0 Å². The van der Waals surface area contributed by atoms with Gasteiger partial charge in [0.25, 0.3) is 5.56 Å². The van der Waals surface area contributed by atoms with Crippen LogP contribution in [0.25, 0.3) is 21.1 Å². The number of fused-ring (bicyclic) bond motifs is 2. The van der Waals surface area contributed by atoms with Gasteiger partial charge in [0.1, 0.15) is 10.8 Å². The Morgan fingerprint density at radius 3 is 2.50 bits per heavy atom. The summed E-state index contributed by atoms with van der Waals surface area (Å²) in [5.74, 6) is 1.76. The van der Waals surface area contributed by atoms with Crippen molar-refractivity contribution in [2.24, 2.45) is 0 Å². The maximum absolute atomic E-state index is 13.6. The van der Waals surface area contributed by atoms with Crippen molar-refractivity contribution in [2.75, 3.05) is 40.5 Å². The van der Waals surface area contributed by atoms with Crippen LogP contribution in [0.5, 0.6) is 11.5 Å². The van der Waals surface area contributed by atoms with Gasteiger partial charge in [-0.3, -0.25) is 14.3 Å². The van der Waals surface area contributed by atoms with Crippen LogP contribution in [0.15, 0.2) is 41.2 Å². The maximum Gasteiger partial charge on any atom is 0.261 e. The van der Waals surface area contributed by atoms with Crippen molar-refractivity contribution in [3.05, 3.63) is 57.6 Å². The fraction of sp³-hybridized carbons (Fsp3) is 0.348. The third kappa shape index (κ3) is 3.94. The van der Waals surface area contributed by atoms with Crippen LogP contribution in [0.1, 0.15) is 10.8 Å². The van der Waals surface area contributed by atoms with E-state index < -0.39 is 0 Å². The van der Waals surface area contributed by atoms with Crippen molar-refractivity contribution in [1.82, 2.24) is 19.4 Å². The molecule has 0 unspecified atom stereocenters. The second-order valence-electron chi connectivity index (χ2n) is 7.61. The third-order valence-electron chi connectivity index (χ3n) is 5.64. The molecule has 1 aliphatic rings. The summed E-state index contributed by atoms with van der Waals surface area (Å²) in [6, 6.07) is 11.5. The molecule has 0 aliphatic carbocycles. The number of rotatable bonds is 6. The maximum atomic E-state index is 13.6. The van der Waals surface area contributed by atoms with E-state index in [0.29, 0.717) is 54.5 Å². The first kappa shape index (κ1) is 20.9. The highest BCUT2D eigenvalue weighted by Crippen LogP contribution is 2.30. The summed E-state index contributed by atoms with van der Waals surface area (Å²) in [6.45, 7) is 3.91. The number of thiazole rings is 1. The summed E-state index contributed by atoms with van der Waals surface area (Å²) in [5.41, 5.74) is 1.42. The van der Waals surface area contributed by atoms with E-state index in [1.54, 1.807) is 42.3 Å². The highest BCUT2D eigenvalue weighted by molar-refractivity contribution is 7.18. The van der Waals surface area contributed by atoms with Crippen molar-refractivity contribution in [2.45, 2.75) is 13.1 Å². The highest BCUT2D eigenvalue weighted by Gasteiger charge is 2.19. The van der Waals surface area contributed by atoms with E-state index in [2.05, 4.69) is 4.90 Å². The van der Waals surface area contributed by atoms with E-state index in [4.69, 9.17) is 24.2 Å². The van der Waals surface area contributed by atoms with Crippen LogP contribution in [0.2, 0.25) is 0 Å². The molecule has 8 nitrogen and oxygen atoms in total. The first-order valence-corrected chi connectivity index (χ1v) is 11.3. The molecule has 9 heteroatoms. The number of para-hydroxylation sites is 1. The number of hydrogen-bond donors (Lipinski definition) is 0. The molecule has 5 rings (SSSR count). The fourth-order valence-electron chi connectivity index (χ4n) is 3.96. The molecule has 0 amide bonds. The monoisotopic (exact) mass is 452 g/mol. The van der Waals surface area contributed by atoms with Gasteiger partial charge in [0.15, 0.2) is 11.5 Å². The normalized spacial score (nSPS) is 14.8. The summed E-state index contributed by atoms with van der Waals surface area (Å²) in [6.07, 6.45) is 0. The predicted molar refractivity (Wildman–Crippen MR) is 124 cm³/mol. The topological polar surface area (TPSA) is 78.7 Å². The molecule has 4 aromatic rings. The van der Waals surface area contributed by atoms with Gasteiger partial charge in [-0.1, -0.05) is 12.1 Å². The Morgan fingerprint density at radius 1 is 1.00 bits per heavy atom. The second-order valence-corrected chi connectivity index (χ2v) is 8.72. The first-order chi connectivity index (χ1) is 15.7. The Bertz CT molecular complexity index is 1290. The zero-order valence-corrected chi connectivity index (χ0v) is 18.9. The van der Waals surface area contributed by atoms with Crippen LogP contribution in [0, 0.1) is 0 Å². The Kier molecular flexibility index (Phi) is 5.77. The molecule has 1 saturated heterocycles. The molecule has 1 fully saturated rings. The molecule has 0 bridgehead atoms. The number of nitrogens with zero attached hydrogens (tertiary/aromatic N) is 4. The van der Waals surface area contributed by atoms with Gasteiger partial charge in [0.05, 0.1) is 61.6 Å². The minimum atomic E-state index is -0.113. The fourth-order valence-corrected chi connectivity index (χ4v) is 4.92. The van der Waals surface area contributed by atoms with E-state index in [0.717, 1.165) is 28.3 Å². The van der Waals surface area contributed by atoms with E-state index in [1.807, 2.05) is 24.3 Å². The molecule has 0 saturated carbocycles. The Morgan fingerprint density at radius 2 is 1.75 bits per heavy atom. The van der Waals surface area contributed by atoms with Gasteiger partial charge in [0, 0.05) is 19.2 Å². The van der Waals surface area contributed by atoms with Crippen LogP contribution in [0.3, 0.4) is 0 Å². The zero-order chi connectivity index (χ0) is 22.1. The average Bonchev–Trinajstić information content (AvgIpc) is 3.24. The van der Waals surface area contributed by atoms with Gasteiger partial charge in [-0.15, -0.1) is 11.3 Å². The summed E-state index contributed by atoms with van der Waals surface area (Å²) >= 11 is 1.60. The Labute approximate surface area is 189 Å². The number of ether oxygens (including phenoxy) is 3. The number of hydrogen-bond acceptors (Lipinski definition) is 8. The van der Waals surface area contributed by atoms with Gasteiger partial charge < -0.3 is 14.2 Å². The number of aromatic nitrogens is 3. The van der Waals surface area contributed by atoms with E-state index in [1.165, 1.54) is 0 Å². The second kappa shape index (κ2) is 8.85. The molecule has 0 spiro atoms. The number of morpholine rings is 1. The minimum absolute atomic E-state index is 0.113. The lowest BCUT2D eigenvalue weighted by molar-refractivity contribution is 0.0325. The molecule has 0 atom stereocenters. The lowest BCUT2D eigenvalue weighted by atomic mass is 10.2. The van der Waals surface area contributed by atoms with Crippen LogP contribution in [-0.4, -0.2) is 60.0 Å². The van der Waals surface area contributed by atoms with Gasteiger partial charge in [-0.05, 0) is 18.2 Å². The summed E-state index contributed by atoms with van der Waals surface area (Å²) in [4.78, 5) is 25.5. The van der Waals surface area contributed by atoms with Crippen molar-refractivity contribution in [3.8, 4) is 11.5 Å². The molecule has 0 radical (unpaired) electrons. The van der Waals surface area contributed by atoms with Crippen molar-refractivity contribution >= 4 is 32.5 Å².